The number of carbonyl (C=O) groups excluding carboxylic acids is 1. The first-order chi connectivity index (χ1) is 14.3. The van der Waals surface area contributed by atoms with E-state index in [4.69, 9.17) is 9.47 Å². The molecule has 1 N–H and O–H groups in total. The quantitative estimate of drug-likeness (QED) is 0.471. The van der Waals surface area contributed by atoms with Crippen LogP contribution in [0, 0.1) is 10.1 Å². The zero-order chi connectivity index (χ0) is 21.8. The lowest BCUT2D eigenvalue weighted by atomic mass is 10.1. The summed E-state index contributed by atoms with van der Waals surface area (Å²) in [6.45, 7) is 3.53. The number of aromatic nitrogens is 1. The molecular formula is C21H21N3O6. The predicted molar refractivity (Wildman–Crippen MR) is 112 cm³/mol. The van der Waals surface area contributed by atoms with E-state index in [1.807, 2.05) is 13.8 Å². The summed E-state index contributed by atoms with van der Waals surface area (Å²) in [4.78, 5) is 35.8. The van der Waals surface area contributed by atoms with Gasteiger partial charge in [0.05, 0.1) is 24.2 Å². The number of carbonyl (C=O) groups is 1. The normalized spacial score (nSPS) is 10.8. The van der Waals surface area contributed by atoms with E-state index in [2.05, 4.69) is 5.32 Å². The highest BCUT2D eigenvalue weighted by molar-refractivity contribution is 5.93. The van der Waals surface area contributed by atoms with Crippen molar-refractivity contribution in [2.75, 3.05) is 12.4 Å². The van der Waals surface area contributed by atoms with E-state index < -0.39 is 10.8 Å². The van der Waals surface area contributed by atoms with Crippen molar-refractivity contribution in [2.45, 2.75) is 26.5 Å². The van der Waals surface area contributed by atoms with Gasteiger partial charge in [-0.2, -0.15) is 0 Å². The van der Waals surface area contributed by atoms with Gasteiger partial charge in [0.2, 0.25) is 5.91 Å². The first kappa shape index (κ1) is 20.8. The van der Waals surface area contributed by atoms with Crippen LogP contribution < -0.4 is 20.3 Å². The highest BCUT2D eigenvalue weighted by Gasteiger charge is 2.18. The number of hydrogen-bond acceptors (Lipinski definition) is 6. The van der Waals surface area contributed by atoms with Gasteiger partial charge >= 0.3 is 0 Å². The van der Waals surface area contributed by atoms with E-state index in [0.717, 1.165) is 0 Å². The van der Waals surface area contributed by atoms with Crippen molar-refractivity contribution < 1.29 is 19.2 Å². The molecule has 9 heteroatoms. The lowest BCUT2D eigenvalue weighted by Crippen LogP contribution is -2.27. The van der Waals surface area contributed by atoms with Gasteiger partial charge < -0.3 is 19.4 Å². The number of pyridine rings is 1. The number of nitrogens with one attached hydrogen (secondary N) is 1. The molecule has 0 bridgehead atoms. The molecule has 0 fully saturated rings. The number of nitro benzene ring substituents is 1. The maximum absolute atomic E-state index is 12.7. The monoisotopic (exact) mass is 411 g/mol. The van der Waals surface area contributed by atoms with Crippen LogP contribution in [0.1, 0.15) is 13.8 Å². The molecule has 0 aliphatic rings. The Bertz CT molecular complexity index is 1170. The van der Waals surface area contributed by atoms with Crippen LogP contribution in [0.5, 0.6) is 11.5 Å². The van der Waals surface area contributed by atoms with Crippen molar-refractivity contribution in [1.82, 2.24) is 4.57 Å². The summed E-state index contributed by atoms with van der Waals surface area (Å²) in [5, 5.41) is 14.9. The molecule has 156 valence electrons. The van der Waals surface area contributed by atoms with E-state index in [1.165, 1.54) is 36.1 Å². The Hall–Kier alpha value is -3.88. The van der Waals surface area contributed by atoms with Crippen molar-refractivity contribution >= 4 is 28.1 Å². The van der Waals surface area contributed by atoms with Crippen LogP contribution in [0.25, 0.3) is 10.8 Å². The number of amides is 1. The van der Waals surface area contributed by atoms with Gasteiger partial charge in [0.25, 0.3) is 11.2 Å². The van der Waals surface area contributed by atoms with Crippen molar-refractivity contribution in [3.8, 4) is 11.5 Å². The molecular weight excluding hydrogens is 390 g/mol. The maximum atomic E-state index is 12.7. The number of ether oxygens (including phenoxy) is 2. The van der Waals surface area contributed by atoms with Crippen molar-refractivity contribution in [3.05, 3.63) is 69.1 Å². The maximum Gasteiger partial charge on any atom is 0.296 e. The topological polar surface area (TPSA) is 113 Å². The van der Waals surface area contributed by atoms with Crippen molar-refractivity contribution in [2.24, 2.45) is 0 Å². The summed E-state index contributed by atoms with van der Waals surface area (Å²) < 4.78 is 11.9. The third-order valence-corrected chi connectivity index (χ3v) is 4.31. The third-order valence-electron chi connectivity index (χ3n) is 4.31. The fraction of sp³-hybridized carbons (Fsp3) is 0.238. The zero-order valence-electron chi connectivity index (χ0n) is 16.7. The first-order valence-electron chi connectivity index (χ1n) is 9.20. The van der Waals surface area contributed by atoms with Gasteiger partial charge in [0.15, 0.2) is 0 Å². The van der Waals surface area contributed by atoms with Crippen LogP contribution in [0.3, 0.4) is 0 Å². The summed E-state index contributed by atoms with van der Waals surface area (Å²) in [5.41, 5.74) is -0.621. The highest BCUT2D eigenvalue weighted by atomic mass is 16.6. The Morgan fingerprint density at radius 2 is 1.90 bits per heavy atom. The molecule has 0 radical (unpaired) electrons. The van der Waals surface area contributed by atoms with E-state index in [-0.39, 0.29) is 29.6 Å². The molecule has 1 aromatic heterocycles. The molecule has 0 spiro atoms. The zero-order valence-corrected chi connectivity index (χ0v) is 16.7. The number of anilines is 1. The van der Waals surface area contributed by atoms with Crippen LogP contribution in [0.2, 0.25) is 0 Å². The molecule has 0 aliphatic carbocycles. The second-order valence-electron chi connectivity index (χ2n) is 6.85. The number of nitro groups is 1. The molecule has 0 unspecified atom stereocenters. The average molecular weight is 411 g/mol. The fourth-order valence-electron chi connectivity index (χ4n) is 2.98. The lowest BCUT2D eigenvalue weighted by molar-refractivity contribution is -0.384. The molecule has 0 saturated carbocycles. The SMILES string of the molecule is COc1ccc(NC(=O)Cn2ccc3cc(OC(C)C)ccc3c2=O)c([N+](=O)[O-])c1. The first-order valence-corrected chi connectivity index (χ1v) is 9.20. The molecule has 3 rings (SSSR count). The Morgan fingerprint density at radius 1 is 1.17 bits per heavy atom. The van der Waals surface area contributed by atoms with E-state index in [9.17, 15) is 19.7 Å². The molecule has 3 aromatic rings. The number of hydrogen-bond donors (Lipinski definition) is 1. The van der Waals surface area contributed by atoms with Gasteiger partial charge in [0.1, 0.15) is 23.7 Å². The summed E-state index contributed by atoms with van der Waals surface area (Å²) in [7, 11) is 1.39. The molecule has 1 amide bonds. The number of methoxy groups -OCH3 is 1. The van der Waals surface area contributed by atoms with Crippen LogP contribution in [-0.2, 0) is 11.3 Å². The average Bonchev–Trinajstić information content (AvgIpc) is 2.69. The van der Waals surface area contributed by atoms with Gasteiger partial charge in [-0.25, -0.2) is 0 Å². The summed E-state index contributed by atoms with van der Waals surface area (Å²) in [6.07, 6.45) is 1.51. The van der Waals surface area contributed by atoms with E-state index in [0.29, 0.717) is 22.3 Å². The standard InChI is InChI=1S/C21H21N3O6/c1-13(2)30-16-4-6-17-14(10-16)8-9-23(21(17)26)12-20(25)22-18-7-5-15(29-3)11-19(18)24(27)28/h4-11,13H,12H2,1-3H3,(H,22,25). The Morgan fingerprint density at radius 3 is 2.57 bits per heavy atom. The Kier molecular flexibility index (Phi) is 6.01. The van der Waals surface area contributed by atoms with Gasteiger partial charge in [-0.1, -0.05) is 0 Å². The van der Waals surface area contributed by atoms with Crippen LogP contribution in [-0.4, -0.2) is 28.6 Å². The summed E-state index contributed by atoms with van der Waals surface area (Å²) in [6, 6.07) is 10.9. The van der Waals surface area contributed by atoms with Gasteiger partial charge in [0, 0.05) is 11.6 Å². The van der Waals surface area contributed by atoms with Crippen LogP contribution >= 0.6 is 0 Å². The molecule has 0 aliphatic heterocycles. The van der Waals surface area contributed by atoms with Gasteiger partial charge in [-0.15, -0.1) is 0 Å². The molecule has 30 heavy (non-hydrogen) atoms. The van der Waals surface area contributed by atoms with Gasteiger partial charge in [-0.05, 0) is 55.6 Å². The second-order valence-corrected chi connectivity index (χ2v) is 6.85. The smallest absolute Gasteiger partial charge is 0.296 e. The lowest BCUT2D eigenvalue weighted by Gasteiger charge is -2.12. The minimum atomic E-state index is -0.614. The van der Waals surface area contributed by atoms with Crippen molar-refractivity contribution in [3.63, 3.8) is 0 Å². The fourth-order valence-corrected chi connectivity index (χ4v) is 2.98. The molecule has 9 nitrogen and oxygen atoms in total. The summed E-state index contributed by atoms with van der Waals surface area (Å²) >= 11 is 0. The minimum Gasteiger partial charge on any atom is -0.496 e. The molecule has 1 heterocycles. The van der Waals surface area contributed by atoms with E-state index >= 15 is 0 Å². The second kappa shape index (κ2) is 8.64. The number of benzene rings is 2. The number of nitrogens with zero attached hydrogens (tertiary/aromatic N) is 2. The molecule has 0 atom stereocenters. The number of rotatable bonds is 7. The van der Waals surface area contributed by atoms with Crippen LogP contribution in [0.15, 0.2) is 53.5 Å². The Labute approximate surface area is 172 Å². The molecule has 2 aromatic carbocycles. The van der Waals surface area contributed by atoms with Crippen LogP contribution in [0.4, 0.5) is 11.4 Å². The largest absolute Gasteiger partial charge is 0.496 e. The Balaban J connectivity index is 1.82. The van der Waals surface area contributed by atoms with Gasteiger partial charge in [-0.3, -0.25) is 19.7 Å². The molecule has 0 saturated heterocycles. The highest BCUT2D eigenvalue weighted by Crippen LogP contribution is 2.29. The van der Waals surface area contributed by atoms with Crippen molar-refractivity contribution in [1.29, 1.82) is 0 Å². The van der Waals surface area contributed by atoms with E-state index in [1.54, 1.807) is 24.3 Å². The predicted octanol–water partition coefficient (Wildman–Crippen LogP) is 3.34. The minimum absolute atomic E-state index is 0.00790. The third kappa shape index (κ3) is 4.57. The summed E-state index contributed by atoms with van der Waals surface area (Å²) in [5.74, 6) is 0.384. The number of fused-ring (bicyclic) bond motifs is 1.